The molecule has 0 fully saturated rings. The van der Waals surface area contributed by atoms with Crippen molar-refractivity contribution < 1.29 is 27.5 Å². The number of sulfonamides is 1. The predicted molar refractivity (Wildman–Crippen MR) is 113 cm³/mol. The molecule has 10 heteroatoms. The Morgan fingerprint density at radius 1 is 1.10 bits per heavy atom. The van der Waals surface area contributed by atoms with Gasteiger partial charge in [-0.2, -0.15) is 4.31 Å². The van der Waals surface area contributed by atoms with Gasteiger partial charge in [-0.05, 0) is 55.3 Å². The van der Waals surface area contributed by atoms with E-state index in [2.05, 4.69) is 10.1 Å². The minimum atomic E-state index is -3.92. The van der Waals surface area contributed by atoms with Crippen molar-refractivity contribution in [1.82, 2.24) is 4.31 Å². The zero-order chi connectivity index (χ0) is 22.6. The molecule has 0 spiro atoms. The normalized spacial score (nSPS) is 11.3. The van der Waals surface area contributed by atoms with Crippen molar-refractivity contribution in [2.75, 3.05) is 38.9 Å². The van der Waals surface area contributed by atoms with E-state index in [0.717, 1.165) is 4.31 Å². The Balaban J connectivity index is 2.19. The molecule has 0 unspecified atom stereocenters. The number of aryl methyl sites for hydroxylation is 2. The number of esters is 1. The van der Waals surface area contributed by atoms with Crippen LogP contribution in [-0.4, -0.2) is 52.4 Å². The molecular weight excluding hydrogens is 410 g/mol. The molecule has 0 atom stereocenters. The topological polar surface area (TPSA) is 128 Å². The number of nitrogens with one attached hydrogen (secondary N) is 1. The summed E-state index contributed by atoms with van der Waals surface area (Å²) < 4.78 is 36.8. The number of nitrogens with two attached hydrogens (primary N) is 1. The van der Waals surface area contributed by atoms with Crippen LogP contribution in [0.2, 0.25) is 0 Å². The number of methoxy groups -OCH3 is 2. The minimum absolute atomic E-state index is 0.126. The summed E-state index contributed by atoms with van der Waals surface area (Å²) in [4.78, 5) is 24.1. The van der Waals surface area contributed by atoms with Crippen LogP contribution in [0, 0.1) is 13.8 Å². The standard InChI is InChI=1S/C20H25N3O6S/c1-12-8-15(28-4)9-13(2)19(12)30(26,27)23(3)11-18(24)22-17-7-6-14(10-16(17)21)20(25)29-5/h6-10H,11,21H2,1-5H3,(H,22,24). The van der Waals surface area contributed by atoms with Gasteiger partial charge in [-0.15, -0.1) is 0 Å². The van der Waals surface area contributed by atoms with Crippen LogP contribution in [0.25, 0.3) is 0 Å². The van der Waals surface area contributed by atoms with Crippen LogP contribution in [0.1, 0.15) is 21.5 Å². The Labute approximate surface area is 175 Å². The molecule has 2 rings (SSSR count). The second-order valence-electron chi connectivity index (χ2n) is 6.69. The highest BCUT2D eigenvalue weighted by Gasteiger charge is 2.27. The predicted octanol–water partition coefficient (Wildman–Crippen LogP) is 1.94. The average Bonchev–Trinajstić information content (AvgIpc) is 2.67. The van der Waals surface area contributed by atoms with Crippen molar-refractivity contribution in [2.45, 2.75) is 18.7 Å². The van der Waals surface area contributed by atoms with Gasteiger partial charge in [0.15, 0.2) is 0 Å². The second kappa shape index (κ2) is 9.14. The molecule has 0 saturated carbocycles. The van der Waals surface area contributed by atoms with Crippen LogP contribution in [0.3, 0.4) is 0 Å². The molecular formula is C20H25N3O6S. The minimum Gasteiger partial charge on any atom is -0.497 e. The van der Waals surface area contributed by atoms with Crippen molar-refractivity contribution in [2.24, 2.45) is 0 Å². The Kier molecular flexibility index (Phi) is 7.06. The SMILES string of the molecule is COC(=O)c1ccc(NC(=O)CN(C)S(=O)(=O)c2c(C)cc(OC)cc2C)c(N)c1. The van der Waals surface area contributed by atoms with Crippen LogP contribution in [0.4, 0.5) is 11.4 Å². The van der Waals surface area contributed by atoms with Gasteiger partial charge in [0.25, 0.3) is 0 Å². The molecule has 0 saturated heterocycles. The third-order valence-electron chi connectivity index (χ3n) is 4.45. The van der Waals surface area contributed by atoms with Gasteiger partial charge in [-0.3, -0.25) is 4.79 Å². The van der Waals surface area contributed by atoms with E-state index in [-0.39, 0.29) is 21.8 Å². The van der Waals surface area contributed by atoms with Crippen molar-refractivity contribution in [3.8, 4) is 5.75 Å². The van der Waals surface area contributed by atoms with Crippen LogP contribution < -0.4 is 15.8 Å². The van der Waals surface area contributed by atoms with E-state index in [0.29, 0.717) is 16.9 Å². The number of carbonyl (C=O) groups is 2. The highest BCUT2D eigenvalue weighted by atomic mass is 32.2. The van der Waals surface area contributed by atoms with Gasteiger partial charge in [0.2, 0.25) is 15.9 Å². The second-order valence-corrected chi connectivity index (χ2v) is 8.67. The summed E-state index contributed by atoms with van der Waals surface area (Å²) in [7, 11) is 0.151. The first-order valence-corrected chi connectivity index (χ1v) is 10.3. The first-order valence-electron chi connectivity index (χ1n) is 8.90. The molecule has 30 heavy (non-hydrogen) atoms. The summed E-state index contributed by atoms with van der Waals surface area (Å²) in [5, 5.41) is 2.55. The first kappa shape index (κ1) is 23.2. The number of nitrogen functional groups attached to an aromatic ring is 1. The fourth-order valence-electron chi connectivity index (χ4n) is 2.99. The quantitative estimate of drug-likeness (QED) is 0.502. The number of hydrogen-bond acceptors (Lipinski definition) is 7. The molecule has 2 aromatic rings. The fourth-order valence-corrected chi connectivity index (χ4v) is 4.52. The lowest BCUT2D eigenvalue weighted by molar-refractivity contribution is -0.116. The number of amides is 1. The molecule has 3 N–H and O–H groups in total. The maximum absolute atomic E-state index is 13.0. The Morgan fingerprint density at radius 2 is 1.70 bits per heavy atom. The van der Waals surface area contributed by atoms with Crippen molar-refractivity contribution in [3.63, 3.8) is 0 Å². The highest BCUT2D eigenvalue weighted by molar-refractivity contribution is 7.89. The van der Waals surface area contributed by atoms with Gasteiger partial charge < -0.3 is 20.5 Å². The molecule has 0 heterocycles. The number of rotatable bonds is 7. The van der Waals surface area contributed by atoms with Crippen LogP contribution in [0.15, 0.2) is 35.2 Å². The number of ether oxygens (including phenoxy) is 2. The number of benzene rings is 2. The van der Waals surface area contributed by atoms with Gasteiger partial charge in [0, 0.05) is 7.05 Å². The monoisotopic (exact) mass is 435 g/mol. The number of carbonyl (C=O) groups excluding carboxylic acids is 2. The average molecular weight is 436 g/mol. The molecule has 2 aromatic carbocycles. The van der Waals surface area contributed by atoms with E-state index >= 15 is 0 Å². The maximum atomic E-state index is 13.0. The number of likely N-dealkylation sites (N-methyl/N-ethyl adjacent to an activating group) is 1. The molecule has 0 radical (unpaired) electrons. The van der Waals surface area contributed by atoms with Crippen LogP contribution in [-0.2, 0) is 19.6 Å². The molecule has 0 aromatic heterocycles. The molecule has 0 aliphatic heterocycles. The van der Waals surface area contributed by atoms with Gasteiger partial charge in [0.05, 0.1) is 42.6 Å². The van der Waals surface area contributed by atoms with Gasteiger partial charge in [-0.1, -0.05) is 0 Å². The van der Waals surface area contributed by atoms with E-state index in [1.165, 1.54) is 39.5 Å². The summed E-state index contributed by atoms with van der Waals surface area (Å²) in [6, 6.07) is 7.51. The fraction of sp³-hybridized carbons (Fsp3) is 0.300. The van der Waals surface area contributed by atoms with Crippen molar-refractivity contribution in [1.29, 1.82) is 0 Å². The molecule has 0 aliphatic rings. The Bertz CT molecular complexity index is 1060. The third-order valence-corrected chi connectivity index (χ3v) is 6.56. The Morgan fingerprint density at radius 3 is 2.20 bits per heavy atom. The van der Waals surface area contributed by atoms with Gasteiger partial charge >= 0.3 is 5.97 Å². The summed E-state index contributed by atoms with van der Waals surface area (Å²) >= 11 is 0. The van der Waals surface area contributed by atoms with Gasteiger partial charge in [0.1, 0.15) is 5.75 Å². The van der Waals surface area contributed by atoms with Crippen LogP contribution >= 0.6 is 0 Å². The zero-order valence-corrected chi connectivity index (χ0v) is 18.3. The van der Waals surface area contributed by atoms with E-state index < -0.39 is 28.4 Å². The summed E-state index contributed by atoms with van der Waals surface area (Å²) in [5.74, 6) is -0.590. The lowest BCUT2D eigenvalue weighted by atomic mass is 10.1. The smallest absolute Gasteiger partial charge is 0.337 e. The molecule has 9 nitrogen and oxygen atoms in total. The summed E-state index contributed by atoms with van der Waals surface area (Å²) in [6.07, 6.45) is 0. The lowest BCUT2D eigenvalue weighted by Crippen LogP contribution is -2.35. The number of anilines is 2. The lowest BCUT2D eigenvalue weighted by Gasteiger charge is -2.20. The largest absolute Gasteiger partial charge is 0.497 e. The molecule has 1 amide bonds. The van der Waals surface area contributed by atoms with E-state index in [4.69, 9.17) is 10.5 Å². The van der Waals surface area contributed by atoms with Gasteiger partial charge in [-0.25, -0.2) is 13.2 Å². The molecule has 0 aliphatic carbocycles. The van der Waals surface area contributed by atoms with E-state index in [9.17, 15) is 18.0 Å². The number of hydrogen-bond donors (Lipinski definition) is 2. The van der Waals surface area contributed by atoms with E-state index in [1.807, 2.05) is 0 Å². The maximum Gasteiger partial charge on any atom is 0.337 e. The zero-order valence-electron chi connectivity index (χ0n) is 17.5. The number of nitrogens with zero attached hydrogens (tertiary/aromatic N) is 1. The van der Waals surface area contributed by atoms with Crippen molar-refractivity contribution in [3.05, 3.63) is 47.0 Å². The summed E-state index contributed by atoms with van der Waals surface area (Å²) in [5.41, 5.74) is 7.55. The first-order chi connectivity index (χ1) is 14.0. The molecule has 162 valence electrons. The van der Waals surface area contributed by atoms with Crippen LogP contribution in [0.5, 0.6) is 5.75 Å². The van der Waals surface area contributed by atoms with Crippen molar-refractivity contribution >= 4 is 33.3 Å². The van der Waals surface area contributed by atoms with E-state index in [1.54, 1.807) is 26.0 Å². The Hall–Kier alpha value is -3.11. The summed E-state index contributed by atoms with van der Waals surface area (Å²) in [6.45, 7) is 2.91. The third kappa shape index (κ3) is 4.89. The molecule has 0 bridgehead atoms. The highest BCUT2D eigenvalue weighted by Crippen LogP contribution is 2.28.